The number of nitrogens with one attached hydrogen (secondary N) is 1. The van der Waals surface area contributed by atoms with E-state index in [0.29, 0.717) is 29.3 Å². The molecular weight excluding hydrogens is 533 g/mol. The van der Waals surface area contributed by atoms with Crippen molar-refractivity contribution < 1.29 is 31.8 Å². The van der Waals surface area contributed by atoms with Gasteiger partial charge in [-0.2, -0.15) is 13.2 Å². The van der Waals surface area contributed by atoms with Crippen LogP contribution in [-0.2, 0) is 10.9 Å². The van der Waals surface area contributed by atoms with Crippen LogP contribution in [0.3, 0.4) is 0 Å². The molecule has 3 rings (SSSR count). The van der Waals surface area contributed by atoms with Gasteiger partial charge in [0, 0.05) is 23.3 Å². The van der Waals surface area contributed by atoms with Gasteiger partial charge in [-0.15, -0.1) is 11.8 Å². The van der Waals surface area contributed by atoms with Gasteiger partial charge in [-0.25, -0.2) is 13.6 Å². The van der Waals surface area contributed by atoms with Gasteiger partial charge in [-0.1, -0.05) is 11.6 Å². The van der Waals surface area contributed by atoms with E-state index in [1.54, 1.807) is 14.1 Å². The van der Waals surface area contributed by atoms with Crippen molar-refractivity contribution in [2.75, 3.05) is 39.6 Å². The molecule has 14 heteroatoms. The van der Waals surface area contributed by atoms with E-state index in [4.69, 9.17) is 16.3 Å². The summed E-state index contributed by atoms with van der Waals surface area (Å²) in [4.78, 5) is 28.7. The van der Waals surface area contributed by atoms with E-state index in [1.807, 2.05) is 9.88 Å². The normalized spacial score (nSPS) is 13.1. The van der Waals surface area contributed by atoms with Gasteiger partial charge in [0.15, 0.2) is 0 Å². The Morgan fingerprint density at radius 3 is 2.47 bits per heavy atom. The monoisotopic (exact) mass is 553 g/mol. The van der Waals surface area contributed by atoms with E-state index < -0.39 is 63.4 Å². The van der Waals surface area contributed by atoms with Crippen LogP contribution in [0.2, 0.25) is 5.02 Å². The Labute approximate surface area is 210 Å². The number of fused-ring (bicyclic) bond motifs is 1. The summed E-state index contributed by atoms with van der Waals surface area (Å²) < 4.78 is 75.5. The predicted octanol–water partition coefficient (Wildman–Crippen LogP) is 3.66. The SMILES string of the molecule is CN(C)CCO[C@@H](CO)CSc1cc(C(F)(F)F)cc2c(=O)[nH]c(=O)n(-c3cc(Cl)c(F)cc3F)c12. The van der Waals surface area contributed by atoms with Crippen molar-refractivity contribution in [2.24, 2.45) is 0 Å². The lowest BCUT2D eigenvalue weighted by molar-refractivity contribution is -0.137. The van der Waals surface area contributed by atoms with E-state index in [9.17, 15) is 36.6 Å². The first-order chi connectivity index (χ1) is 16.8. The largest absolute Gasteiger partial charge is 0.416 e. The van der Waals surface area contributed by atoms with Gasteiger partial charge in [-0.05, 0) is 32.3 Å². The third-order valence-corrected chi connectivity index (χ3v) is 6.50. The summed E-state index contributed by atoms with van der Waals surface area (Å²) in [5, 5.41) is 8.54. The predicted molar refractivity (Wildman–Crippen MR) is 126 cm³/mol. The lowest BCUT2D eigenvalue weighted by Gasteiger charge is -2.19. The number of hydrogen-bond acceptors (Lipinski definition) is 6. The number of ether oxygens (including phenoxy) is 1. The molecule has 196 valence electrons. The van der Waals surface area contributed by atoms with Crippen molar-refractivity contribution in [1.82, 2.24) is 14.5 Å². The Morgan fingerprint density at radius 1 is 1.17 bits per heavy atom. The second kappa shape index (κ2) is 11.3. The molecule has 0 bridgehead atoms. The zero-order chi connectivity index (χ0) is 26.8. The Balaban J connectivity index is 2.22. The van der Waals surface area contributed by atoms with Gasteiger partial charge in [0.05, 0.1) is 46.5 Å². The number of halogens is 6. The number of aromatic amines is 1. The Hall–Kier alpha value is -2.45. The molecule has 0 unspecified atom stereocenters. The van der Waals surface area contributed by atoms with Gasteiger partial charge in [0.2, 0.25) is 0 Å². The van der Waals surface area contributed by atoms with Crippen LogP contribution in [0, 0.1) is 11.6 Å². The van der Waals surface area contributed by atoms with Crippen LogP contribution in [0.1, 0.15) is 5.56 Å². The van der Waals surface area contributed by atoms with E-state index in [2.05, 4.69) is 0 Å². The highest BCUT2D eigenvalue weighted by Crippen LogP contribution is 2.37. The minimum Gasteiger partial charge on any atom is -0.394 e. The fraction of sp³-hybridized carbons (Fsp3) is 0.364. The van der Waals surface area contributed by atoms with Crippen molar-refractivity contribution in [1.29, 1.82) is 0 Å². The number of H-pyrrole nitrogens is 1. The first kappa shape index (κ1) is 28.1. The minimum atomic E-state index is -4.85. The number of alkyl halides is 3. The van der Waals surface area contributed by atoms with Crippen molar-refractivity contribution in [3.05, 3.63) is 67.3 Å². The molecule has 36 heavy (non-hydrogen) atoms. The zero-order valence-corrected chi connectivity index (χ0v) is 20.5. The number of thioether (sulfide) groups is 1. The summed E-state index contributed by atoms with van der Waals surface area (Å²) in [6.07, 6.45) is -5.64. The molecule has 0 saturated carbocycles. The Morgan fingerprint density at radius 2 is 1.86 bits per heavy atom. The fourth-order valence-electron chi connectivity index (χ4n) is 3.26. The Kier molecular flexibility index (Phi) is 8.83. The van der Waals surface area contributed by atoms with E-state index >= 15 is 0 Å². The molecule has 0 spiro atoms. The molecule has 2 N–H and O–H groups in total. The molecule has 3 aromatic rings. The van der Waals surface area contributed by atoms with Crippen LogP contribution in [-0.4, -0.2) is 65.3 Å². The lowest BCUT2D eigenvalue weighted by Crippen LogP contribution is -2.31. The van der Waals surface area contributed by atoms with Gasteiger partial charge in [-0.3, -0.25) is 14.3 Å². The van der Waals surface area contributed by atoms with Gasteiger partial charge >= 0.3 is 11.9 Å². The molecule has 0 aliphatic rings. The molecule has 0 radical (unpaired) electrons. The van der Waals surface area contributed by atoms with Gasteiger partial charge in [0.25, 0.3) is 5.56 Å². The highest BCUT2D eigenvalue weighted by atomic mass is 35.5. The van der Waals surface area contributed by atoms with Crippen LogP contribution in [0.25, 0.3) is 16.6 Å². The van der Waals surface area contributed by atoms with Crippen LogP contribution in [0.15, 0.2) is 38.8 Å². The number of aliphatic hydroxyl groups excluding tert-OH is 1. The van der Waals surface area contributed by atoms with E-state index in [0.717, 1.165) is 17.8 Å². The maximum atomic E-state index is 14.7. The first-order valence-electron chi connectivity index (χ1n) is 10.4. The molecular formula is C22H21ClF5N3O4S. The van der Waals surface area contributed by atoms with E-state index in [-0.39, 0.29) is 22.8 Å². The highest BCUT2D eigenvalue weighted by molar-refractivity contribution is 7.99. The molecule has 7 nitrogen and oxygen atoms in total. The molecule has 1 aromatic heterocycles. The zero-order valence-electron chi connectivity index (χ0n) is 19.0. The topological polar surface area (TPSA) is 87.6 Å². The summed E-state index contributed by atoms with van der Waals surface area (Å²) in [7, 11) is 3.61. The van der Waals surface area contributed by atoms with Gasteiger partial charge < -0.3 is 14.7 Å². The number of likely N-dealkylation sites (N-methyl/N-ethyl adjacent to an activating group) is 1. The second-order valence-electron chi connectivity index (χ2n) is 7.97. The van der Waals surface area contributed by atoms with Crippen molar-refractivity contribution in [2.45, 2.75) is 17.2 Å². The average Bonchev–Trinajstić information content (AvgIpc) is 2.78. The van der Waals surface area contributed by atoms with Crippen LogP contribution < -0.4 is 11.2 Å². The molecule has 0 aliphatic heterocycles. The second-order valence-corrected chi connectivity index (χ2v) is 9.44. The number of aliphatic hydroxyl groups is 1. The average molecular weight is 554 g/mol. The highest BCUT2D eigenvalue weighted by Gasteiger charge is 2.33. The van der Waals surface area contributed by atoms with Crippen molar-refractivity contribution in [3.63, 3.8) is 0 Å². The van der Waals surface area contributed by atoms with Crippen molar-refractivity contribution >= 4 is 34.3 Å². The molecule has 0 fully saturated rings. The van der Waals surface area contributed by atoms with Crippen LogP contribution in [0.4, 0.5) is 22.0 Å². The van der Waals surface area contributed by atoms with Crippen molar-refractivity contribution in [3.8, 4) is 5.69 Å². The first-order valence-corrected chi connectivity index (χ1v) is 11.7. The fourth-order valence-corrected chi connectivity index (χ4v) is 4.53. The third-order valence-electron chi connectivity index (χ3n) is 5.05. The summed E-state index contributed by atoms with van der Waals surface area (Å²) >= 11 is 6.53. The lowest BCUT2D eigenvalue weighted by atomic mass is 10.1. The number of benzene rings is 2. The smallest absolute Gasteiger partial charge is 0.394 e. The van der Waals surface area contributed by atoms with Crippen LogP contribution in [0.5, 0.6) is 0 Å². The molecule has 2 aromatic carbocycles. The maximum Gasteiger partial charge on any atom is 0.416 e. The summed E-state index contributed by atoms with van der Waals surface area (Å²) in [5.41, 5.74) is -4.39. The standard InChI is InChI=1S/C22H21ClF5N3O4S/c1-30(2)3-4-35-12(9-32)10-36-18-6-11(22(26,27)28)5-13-19(18)31(21(34)29-20(13)33)17-7-14(23)15(24)8-16(17)25/h5-8,12,32H,3-4,9-10H2,1-2H3,(H,29,33,34)/t12-/m0/s1. The van der Waals surface area contributed by atoms with Gasteiger partial charge in [0.1, 0.15) is 11.6 Å². The van der Waals surface area contributed by atoms with E-state index in [1.165, 1.54) is 0 Å². The number of aromatic nitrogens is 2. The summed E-state index contributed by atoms with van der Waals surface area (Å²) in [6, 6.07) is 2.45. The Bertz CT molecular complexity index is 1380. The van der Waals surface area contributed by atoms with Crippen LogP contribution >= 0.6 is 23.4 Å². The summed E-state index contributed by atoms with van der Waals surface area (Å²) in [6.45, 7) is 0.297. The number of hydrogen-bond donors (Lipinski definition) is 2. The molecule has 0 amide bonds. The molecule has 0 aliphatic carbocycles. The quantitative estimate of drug-likeness (QED) is 0.239. The molecule has 1 heterocycles. The summed E-state index contributed by atoms with van der Waals surface area (Å²) in [5.74, 6) is -2.41. The molecule has 1 atom stereocenters. The number of rotatable bonds is 9. The minimum absolute atomic E-state index is 0.0615. The maximum absolute atomic E-state index is 14.7. The molecule has 0 saturated heterocycles. The third kappa shape index (κ3) is 6.27. The number of nitrogens with zero attached hydrogens (tertiary/aromatic N) is 2.